The summed E-state index contributed by atoms with van der Waals surface area (Å²) in [7, 11) is 1.50. The van der Waals surface area contributed by atoms with E-state index in [0.29, 0.717) is 17.0 Å². The van der Waals surface area contributed by atoms with Crippen molar-refractivity contribution in [2.75, 3.05) is 7.11 Å². The van der Waals surface area contributed by atoms with E-state index in [0.717, 1.165) is 5.56 Å². The van der Waals surface area contributed by atoms with E-state index in [1.54, 1.807) is 24.4 Å². The molecule has 0 spiro atoms. The lowest BCUT2D eigenvalue weighted by molar-refractivity contribution is 0.399. The molecule has 18 heavy (non-hydrogen) atoms. The topological polar surface area (TPSA) is 45.9 Å². The van der Waals surface area contributed by atoms with E-state index >= 15 is 0 Å². The van der Waals surface area contributed by atoms with E-state index in [1.807, 2.05) is 0 Å². The number of benzene rings is 1. The minimum atomic E-state index is -0.332. The Labute approximate surface area is 104 Å². The van der Waals surface area contributed by atoms with Gasteiger partial charge in [0, 0.05) is 11.8 Å². The van der Waals surface area contributed by atoms with Gasteiger partial charge in [-0.05, 0) is 29.3 Å². The molecule has 0 aliphatic rings. The van der Waals surface area contributed by atoms with E-state index in [4.69, 9.17) is 10.00 Å². The van der Waals surface area contributed by atoms with Gasteiger partial charge in [0.05, 0.1) is 19.6 Å². The van der Waals surface area contributed by atoms with Crippen molar-refractivity contribution in [1.29, 1.82) is 5.26 Å². The number of ether oxygens (including phenoxy) is 1. The fourth-order valence-corrected chi connectivity index (χ4v) is 1.82. The highest BCUT2D eigenvalue weighted by Gasteiger charge is 2.13. The summed E-state index contributed by atoms with van der Waals surface area (Å²) in [5.74, 6) is 0.0645. The molecule has 1 aromatic carbocycles. The van der Waals surface area contributed by atoms with E-state index < -0.39 is 0 Å². The summed E-state index contributed by atoms with van der Waals surface area (Å²) < 4.78 is 18.5. The zero-order chi connectivity index (χ0) is 13.0. The Morgan fingerprint density at radius 3 is 2.89 bits per heavy atom. The van der Waals surface area contributed by atoms with Crippen LogP contribution in [-0.4, -0.2) is 12.1 Å². The van der Waals surface area contributed by atoms with Crippen LogP contribution in [0, 0.1) is 17.1 Å². The molecule has 0 unspecified atom stereocenters. The zero-order valence-electron chi connectivity index (χ0n) is 9.85. The van der Waals surface area contributed by atoms with Gasteiger partial charge in [-0.2, -0.15) is 5.26 Å². The maximum Gasteiger partial charge on any atom is 0.221 e. The first-order valence-corrected chi connectivity index (χ1v) is 5.41. The van der Waals surface area contributed by atoms with E-state index in [9.17, 15) is 4.39 Å². The molecule has 4 heteroatoms. The zero-order valence-corrected chi connectivity index (χ0v) is 9.85. The lowest BCUT2D eigenvalue weighted by Crippen LogP contribution is -1.96. The SMILES string of the molecule is COc1nccc(CC#N)c1-c1cccc(F)c1. The normalized spacial score (nSPS) is 9.83. The van der Waals surface area contributed by atoms with Crippen LogP contribution in [0.5, 0.6) is 5.88 Å². The number of aromatic nitrogens is 1. The fourth-order valence-electron chi connectivity index (χ4n) is 1.82. The first kappa shape index (κ1) is 12.1. The number of pyridine rings is 1. The quantitative estimate of drug-likeness (QED) is 0.831. The van der Waals surface area contributed by atoms with Gasteiger partial charge in [0.25, 0.3) is 0 Å². The number of methoxy groups -OCH3 is 1. The molecule has 2 aromatic rings. The Balaban J connectivity index is 2.64. The summed E-state index contributed by atoms with van der Waals surface area (Å²) >= 11 is 0. The Bertz CT molecular complexity index is 605. The predicted molar refractivity (Wildman–Crippen MR) is 65.5 cm³/mol. The van der Waals surface area contributed by atoms with Gasteiger partial charge in [-0.25, -0.2) is 9.37 Å². The summed E-state index contributed by atoms with van der Waals surface area (Å²) in [6.45, 7) is 0. The van der Waals surface area contributed by atoms with Crippen LogP contribution in [0.3, 0.4) is 0 Å². The number of rotatable bonds is 3. The Kier molecular flexibility index (Phi) is 3.54. The van der Waals surface area contributed by atoms with Gasteiger partial charge in [0.15, 0.2) is 0 Å². The number of hydrogen-bond acceptors (Lipinski definition) is 3. The first-order chi connectivity index (χ1) is 8.76. The van der Waals surface area contributed by atoms with Gasteiger partial charge in [-0.3, -0.25) is 0 Å². The smallest absolute Gasteiger partial charge is 0.221 e. The fraction of sp³-hybridized carbons (Fsp3) is 0.143. The van der Waals surface area contributed by atoms with Crippen LogP contribution in [0.2, 0.25) is 0 Å². The standard InChI is InChI=1S/C14H11FN2O/c1-18-14-13(10(5-7-16)6-8-17-14)11-3-2-4-12(15)9-11/h2-4,6,8-9H,5H2,1H3. The van der Waals surface area contributed by atoms with Gasteiger partial charge in [-0.1, -0.05) is 12.1 Å². The number of halogens is 1. The largest absolute Gasteiger partial charge is 0.481 e. The second-order valence-electron chi connectivity index (χ2n) is 3.70. The van der Waals surface area contributed by atoms with Crippen molar-refractivity contribution in [2.45, 2.75) is 6.42 Å². The molecule has 0 N–H and O–H groups in total. The van der Waals surface area contributed by atoms with Crippen molar-refractivity contribution in [3.8, 4) is 23.1 Å². The third kappa shape index (κ3) is 2.30. The van der Waals surface area contributed by atoms with Crippen LogP contribution in [0.4, 0.5) is 4.39 Å². The monoisotopic (exact) mass is 242 g/mol. The maximum absolute atomic E-state index is 13.3. The average molecular weight is 242 g/mol. The van der Waals surface area contributed by atoms with Crippen LogP contribution >= 0.6 is 0 Å². The molecule has 0 radical (unpaired) electrons. The molecule has 0 amide bonds. The Hall–Kier alpha value is -2.41. The summed E-state index contributed by atoms with van der Waals surface area (Å²) in [6.07, 6.45) is 1.80. The van der Waals surface area contributed by atoms with Gasteiger partial charge in [0.2, 0.25) is 5.88 Å². The second-order valence-corrected chi connectivity index (χ2v) is 3.70. The van der Waals surface area contributed by atoms with Crippen molar-refractivity contribution in [2.24, 2.45) is 0 Å². The summed E-state index contributed by atoms with van der Waals surface area (Å²) in [5.41, 5.74) is 2.10. The molecule has 0 aliphatic carbocycles. The molecule has 0 fully saturated rings. The summed E-state index contributed by atoms with van der Waals surface area (Å²) in [5, 5.41) is 8.82. The highest BCUT2D eigenvalue weighted by Crippen LogP contribution is 2.32. The molecule has 0 saturated heterocycles. The van der Waals surface area contributed by atoms with Crippen LogP contribution in [0.1, 0.15) is 5.56 Å². The van der Waals surface area contributed by atoms with Crippen LogP contribution in [0.15, 0.2) is 36.5 Å². The van der Waals surface area contributed by atoms with Crippen molar-refractivity contribution in [3.63, 3.8) is 0 Å². The molecule has 3 nitrogen and oxygen atoms in total. The van der Waals surface area contributed by atoms with Gasteiger partial charge >= 0.3 is 0 Å². The maximum atomic E-state index is 13.3. The number of nitrogens with zero attached hydrogens (tertiary/aromatic N) is 2. The Morgan fingerprint density at radius 1 is 1.39 bits per heavy atom. The molecule has 1 aromatic heterocycles. The van der Waals surface area contributed by atoms with Crippen LogP contribution in [-0.2, 0) is 6.42 Å². The van der Waals surface area contributed by atoms with Gasteiger partial charge in [0.1, 0.15) is 5.82 Å². The van der Waals surface area contributed by atoms with Crippen molar-refractivity contribution < 1.29 is 9.13 Å². The lowest BCUT2D eigenvalue weighted by Gasteiger charge is -2.11. The third-order valence-electron chi connectivity index (χ3n) is 2.58. The molecule has 0 aliphatic heterocycles. The Morgan fingerprint density at radius 2 is 2.22 bits per heavy atom. The highest BCUT2D eigenvalue weighted by molar-refractivity contribution is 5.72. The van der Waals surface area contributed by atoms with Crippen LogP contribution < -0.4 is 4.74 Å². The number of hydrogen-bond donors (Lipinski definition) is 0. The minimum absolute atomic E-state index is 0.227. The molecular formula is C14H11FN2O. The summed E-state index contributed by atoms with van der Waals surface area (Å²) in [4.78, 5) is 4.09. The molecule has 90 valence electrons. The van der Waals surface area contributed by atoms with E-state index in [-0.39, 0.29) is 12.2 Å². The highest BCUT2D eigenvalue weighted by atomic mass is 19.1. The van der Waals surface area contributed by atoms with Crippen molar-refractivity contribution in [3.05, 3.63) is 47.9 Å². The van der Waals surface area contributed by atoms with E-state index in [1.165, 1.54) is 19.2 Å². The molecule has 2 rings (SSSR count). The molecule has 1 heterocycles. The first-order valence-electron chi connectivity index (χ1n) is 5.41. The lowest BCUT2D eigenvalue weighted by atomic mass is 9.99. The molecule has 0 atom stereocenters. The molecule has 0 saturated carbocycles. The molecule has 0 bridgehead atoms. The van der Waals surface area contributed by atoms with Crippen molar-refractivity contribution >= 4 is 0 Å². The van der Waals surface area contributed by atoms with Crippen molar-refractivity contribution in [1.82, 2.24) is 4.98 Å². The number of nitriles is 1. The van der Waals surface area contributed by atoms with Crippen LogP contribution in [0.25, 0.3) is 11.1 Å². The van der Waals surface area contributed by atoms with E-state index in [2.05, 4.69) is 11.1 Å². The second kappa shape index (κ2) is 5.28. The average Bonchev–Trinajstić information content (AvgIpc) is 2.38. The predicted octanol–water partition coefficient (Wildman–Crippen LogP) is 2.96. The minimum Gasteiger partial charge on any atom is -0.481 e. The third-order valence-corrected chi connectivity index (χ3v) is 2.58. The summed E-state index contributed by atoms with van der Waals surface area (Å²) in [6, 6.07) is 9.99. The van der Waals surface area contributed by atoms with Gasteiger partial charge < -0.3 is 4.74 Å². The van der Waals surface area contributed by atoms with Gasteiger partial charge in [-0.15, -0.1) is 0 Å². The molecular weight excluding hydrogens is 231 g/mol.